The molecule has 1 aliphatic heterocycles. The smallest absolute Gasteiger partial charge is 0.243 e. The maximum absolute atomic E-state index is 12.7. The van der Waals surface area contributed by atoms with Crippen molar-refractivity contribution in [1.29, 1.82) is 0 Å². The molecule has 0 aromatic heterocycles. The first kappa shape index (κ1) is 22.4. The van der Waals surface area contributed by atoms with E-state index >= 15 is 0 Å². The standard InChI is InChI=1S/C21H25ClN2O5S/c1-21(2)12-18(17-10-7-15(28-4)11-19(17)29-21)23-20(25)13-24(3)30(26,27)16-8-5-14(22)6-9-16/h5-11,18H,12-13H2,1-4H3,(H,23,25)/t18-/m1/s1. The Hall–Kier alpha value is -2.29. The largest absolute Gasteiger partial charge is 0.497 e. The van der Waals surface area contributed by atoms with Crippen molar-refractivity contribution < 1.29 is 22.7 Å². The van der Waals surface area contributed by atoms with Crippen LogP contribution in [0.2, 0.25) is 5.02 Å². The van der Waals surface area contributed by atoms with Gasteiger partial charge < -0.3 is 14.8 Å². The summed E-state index contributed by atoms with van der Waals surface area (Å²) in [7, 11) is -0.865. The van der Waals surface area contributed by atoms with E-state index in [9.17, 15) is 13.2 Å². The number of hydrogen-bond acceptors (Lipinski definition) is 5. The molecule has 0 saturated carbocycles. The van der Waals surface area contributed by atoms with E-state index in [1.807, 2.05) is 19.9 Å². The molecule has 3 rings (SSSR count). The zero-order chi connectivity index (χ0) is 22.1. The van der Waals surface area contributed by atoms with Crippen LogP contribution in [0.25, 0.3) is 0 Å². The summed E-state index contributed by atoms with van der Waals surface area (Å²) in [5.41, 5.74) is 0.324. The highest BCUT2D eigenvalue weighted by Gasteiger charge is 2.35. The predicted octanol–water partition coefficient (Wildman–Crippen LogP) is 3.39. The van der Waals surface area contributed by atoms with Gasteiger partial charge in [0.2, 0.25) is 15.9 Å². The zero-order valence-electron chi connectivity index (χ0n) is 17.3. The van der Waals surface area contributed by atoms with Gasteiger partial charge in [-0.3, -0.25) is 4.79 Å². The van der Waals surface area contributed by atoms with Gasteiger partial charge in [-0.2, -0.15) is 4.31 Å². The normalized spacial score (nSPS) is 17.7. The number of likely N-dealkylation sites (N-methyl/N-ethyl adjacent to an activating group) is 1. The minimum Gasteiger partial charge on any atom is -0.497 e. The number of sulfonamides is 1. The lowest BCUT2D eigenvalue weighted by Crippen LogP contribution is -2.44. The third-order valence-corrected chi connectivity index (χ3v) is 6.97. The molecule has 0 unspecified atom stereocenters. The SMILES string of the molecule is COc1ccc2c(c1)OC(C)(C)C[C@H]2NC(=O)CN(C)S(=O)(=O)c1ccc(Cl)cc1. The van der Waals surface area contributed by atoms with Crippen LogP contribution in [0.4, 0.5) is 0 Å². The number of carbonyl (C=O) groups excluding carboxylic acids is 1. The fraction of sp³-hybridized carbons (Fsp3) is 0.381. The first-order chi connectivity index (χ1) is 14.0. The highest BCUT2D eigenvalue weighted by Crippen LogP contribution is 2.41. The van der Waals surface area contributed by atoms with E-state index < -0.39 is 21.5 Å². The van der Waals surface area contributed by atoms with Crippen molar-refractivity contribution in [2.24, 2.45) is 0 Å². The maximum Gasteiger partial charge on any atom is 0.243 e. The molecular weight excluding hydrogens is 428 g/mol. The molecule has 7 nitrogen and oxygen atoms in total. The van der Waals surface area contributed by atoms with Crippen LogP contribution in [0.1, 0.15) is 31.9 Å². The molecule has 1 amide bonds. The van der Waals surface area contributed by atoms with Crippen molar-refractivity contribution in [2.45, 2.75) is 36.8 Å². The number of benzene rings is 2. The molecule has 0 saturated heterocycles. The van der Waals surface area contributed by atoms with Crippen molar-refractivity contribution in [1.82, 2.24) is 9.62 Å². The van der Waals surface area contributed by atoms with E-state index in [-0.39, 0.29) is 17.5 Å². The molecule has 162 valence electrons. The van der Waals surface area contributed by atoms with Crippen LogP contribution in [0.3, 0.4) is 0 Å². The lowest BCUT2D eigenvalue weighted by molar-refractivity contribution is -0.122. The average Bonchev–Trinajstić information content (AvgIpc) is 2.66. The van der Waals surface area contributed by atoms with Crippen molar-refractivity contribution in [3.05, 3.63) is 53.1 Å². The van der Waals surface area contributed by atoms with E-state index in [1.54, 1.807) is 19.2 Å². The van der Waals surface area contributed by atoms with Crippen LogP contribution in [0.15, 0.2) is 47.4 Å². The summed E-state index contributed by atoms with van der Waals surface area (Å²) in [6.45, 7) is 3.56. The molecule has 0 spiro atoms. The number of carbonyl (C=O) groups is 1. The number of hydrogen-bond donors (Lipinski definition) is 1. The Morgan fingerprint density at radius 1 is 1.27 bits per heavy atom. The molecule has 2 aromatic rings. The molecule has 0 radical (unpaired) electrons. The third kappa shape index (κ3) is 4.88. The van der Waals surface area contributed by atoms with Gasteiger partial charge in [0.1, 0.15) is 17.1 Å². The van der Waals surface area contributed by atoms with Crippen LogP contribution >= 0.6 is 11.6 Å². The topological polar surface area (TPSA) is 84.9 Å². The number of nitrogens with one attached hydrogen (secondary N) is 1. The quantitative estimate of drug-likeness (QED) is 0.726. The van der Waals surface area contributed by atoms with Crippen LogP contribution in [0, 0.1) is 0 Å². The van der Waals surface area contributed by atoms with Gasteiger partial charge in [-0.05, 0) is 50.2 Å². The summed E-state index contributed by atoms with van der Waals surface area (Å²) < 4.78 is 37.7. The number of halogens is 1. The van der Waals surface area contributed by atoms with E-state index in [0.29, 0.717) is 22.9 Å². The molecule has 1 heterocycles. The highest BCUT2D eigenvalue weighted by molar-refractivity contribution is 7.89. The van der Waals surface area contributed by atoms with Gasteiger partial charge in [-0.1, -0.05) is 11.6 Å². The number of rotatable bonds is 6. The number of amides is 1. The summed E-state index contributed by atoms with van der Waals surface area (Å²) in [6.07, 6.45) is 0.547. The Balaban J connectivity index is 1.75. The monoisotopic (exact) mass is 452 g/mol. The molecule has 30 heavy (non-hydrogen) atoms. The predicted molar refractivity (Wildman–Crippen MR) is 114 cm³/mol. The van der Waals surface area contributed by atoms with E-state index in [2.05, 4.69) is 5.32 Å². The summed E-state index contributed by atoms with van der Waals surface area (Å²) in [4.78, 5) is 12.8. The first-order valence-electron chi connectivity index (χ1n) is 9.40. The Morgan fingerprint density at radius 2 is 1.93 bits per heavy atom. The molecule has 0 aliphatic carbocycles. The van der Waals surface area contributed by atoms with Gasteiger partial charge in [0.15, 0.2) is 0 Å². The molecule has 1 N–H and O–H groups in total. The average molecular weight is 453 g/mol. The van der Waals surface area contributed by atoms with Gasteiger partial charge in [0.25, 0.3) is 0 Å². The van der Waals surface area contributed by atoms with Crippen molar-refractivity contribution in [3.8, 4) is 11.5 Å². The fourth-order valence-corrected chi connectivity index (χ4v) is 4.65. The molecule has 9 heteroatoms. The number of nitrogens with zero attached hydrogens (tertiary/aromatic N) is 1. The minimum atomic E-state index is -3.81. The molecule has 1 atom stereocenters. The Morgan fingerprint density at radius 3 is 2.57 bits per heavy atom. The lowest BCUT2D eigenvalue weighted by atomic mass is 9.89. The number of ether oxygens (including phenoxy) is 2. The summed E-state index contributed by atoms with van der Waals surface area (Å²) in [5, 5.41) is 3.38. The lowest BCUT2D eigenvalue weighted by Gasteiger charge is -2.38. The van der Waals surface area contributed by atoms with Crippen LogP contribution in [-0.2, 0) is 14.8 Å². The van der Waals surface area contributed by atoms with Gasteiger partial charge in [0.05, 0.1) is 24.6 Å². The second kappa shape index (κ2) is 8.45. The van der Waals surface area contributed by atoms with Crippen LogP contribution in [-0.4, -0.2) is 44.9 Å². The molecule has 1 aliphatic rings. The van der Waals surface area contributed by atoms with Crippen LogP contribution < -0.4 is 14.8 Å². The number of methoxy groups -OCH3 is 1. The zero-order valence-corrected chi connectivity index (χ0v) is 18.9. The van der Waals surface area contributed by atoms with Gasteiger partial charge in [-0.15, -0.1) is 0 Å². The van der Waals surface area contributed by atoms with Crippen molar-refractivity contribution in [2.75, 3.05) is 20.7 Å². The van der Waals surface area contributed by atoms with E-state index in [0.717, 1.165) is 9.87 Å². The fourth-order valence-electron chi connectivity index (χ4n) is 3.40. The third-order valence-electron chi connectivity index (χ3n) is 4.90. The first-order valence-corrected chi connectivity index (χ1v) is 11.2. The van der Waals surface area contributed by atoms with Gasteiger partial charge >= 0.3 is 0 Å². The summed E-state index contributed by atoms with van der Waals surface area (Å²) in [5.74, 6) is 0.892. The summed E-state index contributed by atoms with van der Waals surface area (Å²) >= 11 is 5.83. The second-order valence-corrected chi connectivity index (χ2v) is 10.3. The number of fused-ring (bicyclic) bond motifs is 1. The maximum atomic E-state index is 12.7. The van der Waals surface area contributed by atoms with E-state index in [1.165, 1.54) is 31.3 Å². The Bertz CT molecular complexity index is 1040. The van der Waals surface area contributed by atoms with Crippen molar-refractivity contribution in [3.63, 3.8) is 0 Å². The summed E-state index contributed by atoms with van der Waals surface area (Å²) in [6, 6.07) is 10.9. The van der Waals surface area contributed by atoms with E-state index in [4.69, 9.17) is 21.1 Å². The Labute approximate surface area is 182 Å². The molecule has 0 fully saturated rings. The highest BCUT2D eigenvalue weighted by atomic mass is 35.5. The Kier molecular flexibility index (Phi) is 6.31. The van der Waals surface area contributed by atoms with Gasteiger partial charge in [0, 0.05) is 30.1 Å². The molecular formula is C21H25ClN2O5S. The molecule has 0 bridgehead atoms. The van der Waals surface area contributed by atoms with Crippen LogP contribution in [0.5, 0.6) is 11.5 Å². The second-order valence-electron chi connectivity index (χ2n) is 7.80. The van der Waals surface area contributed by atoms with Crippen molar-refractivity contribution >= 4 is 27.5 Å². The van der Waals surface area contributed by atoms with Gasteiger partial charge in [-0.25, -0.2) is 8.42 Å². The molecule has 2 aromatic carbocycles. The minimum absolute atomic E-state index is 0.0758.